The molecule has 2 aromatic carbocycles. The molecule has 0 unspecified atom stereocenters. The van der Waals surface area contributed by atoms with Crippen LogP contribution in [0.15, 0.2) is 65.7 Å². The van der Waals surface area contributed by atoms with Crippen LogP contribution in [0, 0.1) is 17.1 Å². The van der Waals surface area contributed by atoms with Crippen molar-refractivity contribution in [3.63, 3.8) is 0 Å². The zero-order chi connectivity index (χ0) is 20.5. The number of nitrogens with one attached hydrogen (secondary N) is 1. The summed E-state index contributed by atoms with van der Waals surface area (Å²) in [6, 6.07) is 16.5. The van der Waals surface area contributed by atoms with Crippen LogP contribution in [0.3, 0.4) is 0 Å². The van der Waals surface area contributed by atoms with Crippen LogP contribution in [0.25, 0.3) is 17.0 Å². The first-order valence-electron chi connectivity index (χ1n) is 9.46. The zero-order valence-electron chi connectivity index (χ0n) is 16.0. The Morgan fingerprint density at radius 3 is 2.79 bits per heavy atom. The second kappa shape index (κ2) is 10.5. The zero-order valence-corrected chi connectivity index (χ0v) is 16.8. The Morgan fingerprint density at radius 1 is 1.21 bits per heavy atom. The van der Waals surface area contributed by atoms with Gasteiger partial charge in [-0.1, -0.05) is 18.2 Å². The van der Waals surface area contributed by atoms with Gasteiger partial charge in [-0.2, -0.15) is 5.26 Å². The number of amides is 1. The number of carbonyl (C=O) groups excluding carboxylic acids is 1. The highest BCUT2D eigenvalue weighted by molar-refractivity contribution is 7.99. The van der Waals surface area contributed by atoms with Crippen LogP contribution in [0.4, 0.5) is 4.39 Å². The second-order valence-electron chi connectivity index (χ2n) is 6.48. The van der Waals surface area contributed by atoms with E-state index in [9.17, 15) is 9.18 Å². The highest BCUT2D eigenvalue weighted by atomic mass is 32.2. The molecule has 1 aromatic heterocycles. The standard InChI is InChI=1S/C23H22FN3OS/c24-19-8-10-20(11-9-19)29-16-4-14-26-23(28)12-7-18-17-27(15-3-13-25)22-6-2-1-5-21(18)22/h1-2,5-12,17H,3-4,14-16H2,(H,26,28)/b12-7+. The van der Waals surface area contributed by atoms with Crippen LogP contribution in [0.2, 0.25) is 0 Å². The molecule has 0 aliphatic heterocycles. The fraction of sp³-hybridized carbons (Fsp3) is 0.217. The van der Waals surface area contributed by atoms with E-state index in [0.29, 0.717) is 19.5 Å². The van der Waals surface area contributed by atoms with Gasteiger partial charge in [0, 0.05) is 46.7 Å². The fourth-order valence-corrected chi connectivity index (χ4v) is 3.85. The Kier molecular flexibility index (Phi) is 7.48. The van der Waals surface area contributed by atoms with Gasteiger partial charge in [-0.3, -0.25) is 4.79 Å². The molecule has 148 valence electrons. The van der Waals surface area contributed by atoms with Crippen molar-refractivity contribution >= 4 is 34.6 Å². The Balaban J connectivity index is 1.49. The molecule has 0 spiro atoms. The molecule has 29 heavy (non-hydrogen) atoms. The summed E-state index contributed by atoms with van der Waals surface area (Å²) >= 11 is 1.64. The van der Waals surface area contributed by atoms with E-state index in [1.54, 1.807) is 30.0 Å². The molecule has 0 saturated carbocycles. The average Bonchev–Trinajstić information content (AvgIpc) is 3.09. The molecule has 3 aromatic rings. The molecule has 0 bridgehead atoms. The van der Waals surface area contributed by atoms with Crippen molar-refractivity contribution in [2.75, 3.05) is 12.3 Å². The van der Waals surface area contributed by atoms with Gasteiger partial charge in [0.1, 0.15) is 5.82 Å². The first-order valence-corrected chi connectivity index (χ1v) is 10.4. The van der Waals surface area contributed by atoms with Crippen LogP contribution in [0.5, 0.6) is 0 Å². The lowest BCUT2D eigenvalue weighted by Crippen LogP contribution is -2.22. The summed E-state index contributed by atoms with van der Waals surface area (Å²) in [6.45, 7) is 1.21. The largest absolute Gasteiger partial charge is 0.353 e. The Morgan fingerprint density at radius 2 is 2.00 bits per heavy atom. The SMILES string of the molecule is N#CCCn1cc(/C=C/C(=O)NCCCSc2ccc(F)cc2)c2ccccc21. The van der Waals surface area contributed by atoms with Gasteiger partial charge in [0.15, 0.2) is 0 Å². The number of nitrogens with zero attached hydrogens (tertiary/aromatic N) is 2. The number of halogens is 1. The van der Waals surface area contributed by atoms with Gasteiger partial charge >= 0.3 is 0 Å². The number of carbonyl (C=O) groups is 1. The molecule has 3 rings (SSSR count). The van der Waals surface area contributed by atoms with E-state index in [4.69, 9.17) is 5.26 Å². The van der Waals surface area contributed by atoms with Crippen molar-refractivity contribution in [1.29, 1.82) is 5.26 Å². The molecule has 6 heteroatoms. The number of rotatable bonds is 9. The molecule has 1 amide bonds. The molecule has 0 fully saturated rings. The van der Waals surface area contributed by atoms with E-state index < -0.39 is 0 Å². The van der Waals surface area contributed by atoms with E-state index >= 15 is 0 Å². The van der Waals surface area contributed by atoms with E-state index in [2.05, 4.69) is 11.4 Å². The number of nitriles is 1. The molecule has 4 nitrogen and oxygen atoms in total. The van der Waals surface area contributed by atoms with Crippen LogP contribution < -0.4 is 5.32 Å². The summed E-state index contributed by atoms with van der Waals surface area (Å²) in [5, 5.41) is 12.8. The number of para-hydroxylation sites is 1. The second-order valence-corrected chi connectivity index (χ2v) is 7.65. The number of hydrogen-bond acceptors (Lipinski definition) is 3. The van der Waals surface area contributed by atoms with Gasteiger partial charge in [-0.15, -0.1) is 11.8 Å². The molecule has 0 aliphatic rings. The number of benzene rings is 2. The van der Waals surface area contributed by atoms with Crippen LogP contribution in [-0.4, -0.2) is 22.8 Å². The van der Waals surface area contributed by atoms with Gasteiger partial charge in [-0.05, 0) is 48.6 Å². The average molecular weight is 408 g/mol. The topological polar surface area (TPSA) is 57.8 Å². The Bertz CT molecular complexity index is 1030. The highest BCUT2D eigenvalue weighted by Crippen LogP contribution is 2.23. The number of aromatic nitrogens is 1. The summed E-state index contributed by atoms with van der Waals surface area (Å²) < 4.78 is 14.9. The van der Waals surface area contributed by atoms with Crippen molar-refractivity contribution < 1.29 is 9.18 Å². The van der Waals surface area contributed by atoms with Gasteiger partial charge < -0.3 is 9.88 Å². The smallest absolute Gasteiger partial charge is 0.244 e. The Labute approximate surface area is 174 Å². The normalized spacial score (nSPS) is 11.0. The van der Waals surface area contributed by atoms with Gasteiger partial charge in [0.2, 0.25) is 5.91 Å². The Hall–Kier alpha value is -3.04. The monoisotopic (exact) mass is 407 g/mol. The molecular weight excluding hydrogens is 385 g/mol. The highest BCUT2D eigenvalue weighted by Gasteiger charge is 2.06. The van der Waals surface area contributed by atoms with Crippen molar-refractivity contribution in [3.8, 4) is 6.07 Å². The first kappa shape index (κ1) is 20.7. The van der Waals surface area contributed by atoms with Crippen molar-refractivity contribution in [1.82, 2.24) is 9.88 Å². The molecule has 0 saturated heterocycles. The van der Waals surface area contributed by atoms with E-state index in [0.717, 1.165) is 33.5 Å². The summed E-state index contributed by atoms with van der Waals surface area (Å²) in [6.07, 6.45) is 6.61. The van der Waals surface area contributed by atoms with Crippen LogP contribution in [0.1, 0.15) is 18.4 Å². The maximum atomic E-state index is 12.9. The lowest BCUT2D eigenvalue weighted by molar-refractivity contribution is -0.116. The van der Waals surface area contributed by atoms with Gasteiger partial charge in [0.05, 0.1) is 12.5 Å². The van der Waals surface area contributed by atoms with Gasteiger partial charge in [-0.25, -0.2) is 4.39 Å². The molecule has 1 heterocycles. The predicted octanol–water partition coefficient (Wildman–Crippen LogP) is 5.01. The fourth-order valence-electron chi connectivity index (χ4n) is 2.99. The predicted molar refractivity (Wildman–Crippen MR) is 116 cm³/mol. The van der Waals surface area contributed by atoms with Crippen LogP contribution >= 0.6 is 11.8 Å². The number of hydrogen-bond donors (Lipinski definition) is 1. The van der Waals surface area contributed by atoms with Gasteiger partial charge in [0.25, 0.3) is 0 Å². The third kappa shape index (κ3) is 5.97. The molecule has 0 aliphatic carbocycles. The molecule has 0 atom stereocenters. The molecule has 0 radical (unpaired) electrons. The summed E-state index contributed by atoms with van der Waals surface area (Å²) in [5.74, 6) is 0.481. The molecular formula is C23H22FN3OS. The number of fused-ring (bicyclic) bond motifs is 1. The van der Waals surface area contributed by atoms with E-state index in [1.807, 2.05) is 41.1 Å². The maximum Gasteiger partial charge on any atom is 0.244 e. The maximum absolute atomic E-state index is 12.9. The van der Waals surface area contributed by atoms with Crippen molar-refractivity contribution in [3.05, 3.63) is 72.2 Å². The minimum absolute atomic E-state index is 0.134. The number of thioether (sulfide) groups is 1. The summed E-state index contributed by atoms with van der Waals surface area (Å²) in [5.41, 5.74) is 2.01. The first-order chi connectivity index (χ1) is 14.2. The quantitative estimate of drug-likeness (QED) is 0.308. The molecule has 1 N–H and O–H groups in total. The summed E-state index contributed by atoms with van der Waals surface area (Å²) in [7, 11) is 0. The lowest BCUT2D eigenvalue weighted by Gasteiger charge is -2.03. The summed E-state index contributed by atoms with van der Waals surface area (Å²) in [4.78, 5) is 13.1. The van der Waals surface area contributed by atoms with Crippen molar-refractivity contribution in [2.45, 2.75) is 24.3 Å². The van der Waals surface area contributed by atoms with Crippen molar-refractivity contribution in [2.24, 2.45) is 0 Å². The third-order valence-corrected chi connectivity index (χ3v) is 5.50. The number of aryl methyl sites for hydroxylation is 1. The van der Waals surface area contributed by atoms with Crippen LogP contribution in [-0.2, 0) is 11.3 Å². The minimum Gasteiger partial charge on any atom is -0.353 e. The van der Waals surface area contributed by atoms with E-state index in [1.165, 1.54) is 12.1 Å². The minimum atomic E-state index is -0.235. The third-order valence-electron chi connectivity index (χ3n) is 4.40. The van der Waals surface area contributed by atoms with E-state index in [-0.39, 0.29) is 11.7 Å². The lowest BCUT2D eigenvalue weighted by atomic mass is 10.1.